The van der Waals surface area contributed by atoms with E-state index >= 15 is 0 Å². The van der Waals surface area contributed by atoms with Crippen LogP contribution in [0.2, 0.25) is 0 Å². The van der Waals surface area contributed by atoms with E-state index in [9.17, 15) is 4.79 Å². The molecule has 1 aromatic carbocycles. The van der Waals surface area contributed by atoms with Gasteiger partial charge in [-0.25, -0.2) is 4.79 Å². The quantitative estimate of drug-likeness (QED) is 0.568. The molecule has 0 bridgehead atoms. The molecule has 14 heavy (non-hydrogen) atoms. The number of rotatable bonds is 2. The number of hydrogen-bond donors (Lipinski definition) is 1. The minimum absolute atomic E-state index is 0.132. The maximum atomic E-state index is 10.2. The Morgan fingerprint density at radius 1 is 1.43 bits per heavy atom. The number of aromatic amines is 1. The van der Waals surface area contributed by atoms with Gasteiger partial charge in [0.2, 0.25) is 6.08 Å². The van der Waals surface area contributed by atoms with Crippen molar-refractivity contribution in [3.63, 3.8) is 0 Å². The summed E-state index contributed by atoms with van der Waals surface area (Å²) in [6.07, 6.45) is 3.47. The Morgan fingerprint density at radius 3 is 3.07 bits per heavy atom. The fourth-order valence-corrected chi connectivity index (χ4v) is 1.62. The van der Waals surface area contributed by atoms with Gasteiger partial charge in [-0.2, -0.15) is 4.99 Å². The molecule has 0 amide bonds. The highest BCUT2D eigenvalue weighted by molar-refractivity contribution is 5.83. The SMILES string of the molecule is CC(N=C=O)c1cccc2[nH]ccc12. The zero-order valence-electron chi connectivity index (χ0n) is 7.82. The van der Waals surface area contributed by atoms with Gasteiger partial charge in [0.1, 0.15) is 0 Å². The van der Waals surface area contributed by atoms with Crippen molar-refractivity contribution in [3.8, 4) is 0 Å². The highest BCUT2D eigenvalue weighted by Crippen LogP contribution is 2.25. The second-order valence-electron chi connectivity index (χ2n) is 3.18. The first-order valence-corrected chi connectivity index (χ1v) is 4.46. The maximum absolute atomic E-state index is 10.2. The van der Waals surface area contributed by atoms with Crippen molar-refractivity contribution in [1.29, 1.82) is 0 Å². The molecular formula is C11H10N2O. The molecule has 0 saturated heterocycles. The number of isocyanates is 1. The lowest BCUT2D eigenvalue weighted by Gasteiger charge is -2.05. The van der Waals surface area contributed by atoms with Crippen molar-refractivity contribution < 1.29 is 4.79 Å². The van der Waals surface area contributed by atoms with Gasteiger partial charge in [-0.1, -0.05) is 12.1 Å². The summed E-state index contributed by atoms with van der Waals surface area (Å²) in [4.78, 5) is 17.0. The van der Waals surface area contributed by atoms with Gasteiger partial charge in [0.25, 0.3) is 0 Å². The third-order valence-electron chi connectivity index (χ3n) is 2.33. The van der Waals surface area contributed by atoms with E-state index in [0.717, 1.165) is 16.5 Å². The predicted molar refractivity (Wildman–Crippen MR) is 54.8 cm³/mol. The minimum atomic E-state index is -0.132. The second-order valence-corrected chi connectivity index (χ2v) is 3.18. The van der Waals surface area contributed by atoms with Crippen molar-refractivity contribution >= 4 is 17.0 Å². The van der Waals surface area contributed by atoms with Gasteiger partial charge in [0, 0.05) is 17.1 Å². The van der Waals surface area contributed by atoms with Crippen LogP contribution in [0.15, 0.2) is 35.5 Å². The van der Waals surface area contributed by atoms with Gasteiger partial charge in [0.05, 0.1) is 6.04 Å². The van der Waals surface area contributed by atoms with E-state index < -0.39 is 0 Å². The summed E-state index contributed by atoms with van der Waals surface area (Å²) < 4.78 is 0. The lowest BCUT2D eigenvalue weighted by molar-refractivity contribution is 0.559. The summed E-state index contributed by atoms with van der Waals surface area (Å²) in [5.74, 6) is 0. The first-order chi connectivity index (χ1) is 6.83. The first kappa shape index (κ1) is 8.73. The Bertz CT molecular complexity index is 495. The van der Waals surface area contributed by atoms with E-state index in [0.29, 0.717) is 0 Å². The number of nitrogens with zero attached hydrogens (tertiary/aromatic N) is 1. The molecule has 1 unspecified atom stereocenters. The van der Waals surface area contributed by atoms with E-state index in [1.165, 1.54) is 0 Å². The maximum Gasteiger partial charge on any atom is 0.235 e. The van der Waals surface area contributed by atoms with Gasteiger partial charge in [-0.3, -0.25) is 0 Å². The number of aromatic nitrogens is 1. The van der Waals surface area contributed by atoms with Crippen LogP contribution in [-0.4, -0.2) is 11.1 Å². The first-order valence-electron chi connectivity index (χ1n) is 4.46. The number of benzene rings is 1. The van der Waals surface area contributed by atoms with Crippen LogP contribution in [0.1, 0.15) is 18.5 Å². The summed E-state index contributed by atoms with van der Waals surface area (Å²) >= 11 is 0. The number of hydrogen-bond acceptors (Lipinski definition) is 2. The molecule has 0 fully saturated rings. The van der Waals surface area contributed by atoms with Crippen LogP contribution in [0.5, 0.6) is 0 Å². The van der Waals surface area contributed by atoms with E-state index in [4.69, 9.17) is 0 Å². The number of aliphatic imine (C=N–C) groups is 1. The number of fused-ring (bicyclic) bond motifs is 1. The van der Waals surface area contributed by atoms with Crippen LogP contribution in [0.25, 0.3) is 10.9 Å². The van der Waals surface area contributed by atoms with E-state index in [-0.39, 0.29) is 6.04 Å². The Balaban J connectivity index is 2.61. The Labute approximate surface area is 81.5 Å². The van der Waals surface area contributed by atoms with Crippen molar-refractivity contribution in [2.75, 3.05) is 0 Å². The molecule has 3 nitrogen and oxygen atoms in total. The third-order valence-corrected chi connectivity index (χ3v) is 2.33. The van der Waals surface area contributed by atoms with E-state index in [1.807, 2.05) is 37.4 Å². The average Bonchev–Trinajstić information content (AvgIpc) is 2.65. The van der Waals surface area contributed by atoms with Crippen molar-refractivity contribution in [2.45, 2.75) is 13.0 Å². The van der Waals surface area contributed by atoms with Gasteiger partial charge in [-0.15, -0.1) is 0 Å². The number of H-pyrrole nitrogens is 1. The minimum Gasteiger partial charge on any atom is -0.361 e. The molecule has 0 aliphatic carbocycles. The average molecular weight is 186 g/mol. The molecule has 3 heteroatoms. The molecule has 2 rings (SSSR count). The Morgan fingerprint density at radius 2 is 2.29 bits per heavy atom. The predicted octanol–water partition coefficient (Wildman–Crippen LogP) is 2.56. The van der Waals surface area contributed by atoms with Gasteiger partial charge in [-0.05, 0) is 24.6 Å². The summed E-state index contributed by atoms with van der Waals surface area (Å²) in [7, 11) is 0. The van der Waals surface area contributed by atoms with Gasteiger partial charge >= 0.3 is 0 Å². The molecule has 0 aliphatic heterocycles. The van der Waals surface area contributed by atoms with Gasteiger partial charge < -0.3 is 4.98 Å². The zero-order valence-corrected chi connectivity index (χ0v) is 7.82. The molecule has 70 valence electrons. The molecule has 1 aromatic heterocycles. The topological polar surface area (TPSA) is 45.2 Å². The monoisotopic (exact) mass is 186 g/mol. The third kappa shape index (κ3) is 1.34. The fourth-order valence-electron chi connectivity index (χ4n) is 1.62. The Kier molecular flexibility index (Phi) is 2.17. The molecule has 0 radical (unpaired) electrons. The van der Waals surface area contributed by atoms with Crippen LogP contribution in [0.3, 0.4) is 0 Å². The largest absolute Gasteiger partial charge is 0.361 e. The molecular weight excluding hydrogens is 176 g/mol. The number of nitrogens with one attached hydrogen (secondary N) is 1. The van der Waals surface area contributed by atoms with Crippen molar-refractivity contribution in [3.05, 3.63) is 36.0 Å². The normalized spacial score (nSPS) is 12.4. The van der Waals surface area contributed by atoms with Crippen LogP contribution >= 0.6 is 0 Å². The summed E-state index contributed by atoms with van der Waals surface area (Å²) in [6.45, 7) is 1.88. The summed E-state index contributed by atoms with van der Waals surface area (Å²) in [6, 6.07) is 7.77. The molecule has 1 N–H and O–H groups in total. The smallest absolute Gasteiger partial charge is 0.235 e. The van der Waals surface area contributed by atoms with Crippen LogP contribution in [-0.2, 0) is 4.79 Å². The van der Waals surface area contributed by atoms with E-state index in [1.54, 1.807) is 6.08 Å². The van der Waals surface area contributed by atoms with Crippen LogP contribution < -0.4 is 0 Å². The van der Waals surface area contributed by atoms with Crippen molar-refractivity contribution in [1.82, 2.24) is 4.98 Å². The molecule has 1 heterocycles. The summed E-state index contributed by atoms with van der Waals surface area (Å²) in [5, 5.41) is 1.11. The highest BCUT2D eigenvalue weighted by atomic mass is 16.1. The molecule has 1 atom stereocenters. The van der Waals surface area contributed by atoms with Crippen molar-refractivity contribution in [2.24, 2.45) is 4.99 Å². The van der Waals surface area contributed by atoms with Gasteiger partial charge in [0.15, 0.2) is 0 Å². The summed E-state index contributed by atoms with van der Waals surface area (Å²) in [5.41, 5.74) is 2.11. The fraction of sp³-hybridized carbons (Fsp3) is 0.182. The Hall–Kier alpha value is -1.86. The van der Waals surface area contributed by atoms with E-state index in [2.05, 4.69) is 9.98 Å². The second kappa shape index (κ2) is 3.48. The van der Waals surface area contributed by atoms with Crippen LogP contribution in [0, 0.1) is 0 Å². The lowest BCUT2D eigenvalue weighted by atomic mass is 10.0. The standard InChI is InChI=1S/C11H10N2O/c1-8(13-7-14)9-3-2-4-11-10(9)5-6-12-11/h2-6,8,12H,1H3. The molecule has 0 spiro atoms. The highest BCUT2D eigenvalue weighted by Gasteiger charge is 2.07. The molecule has 0 aliphatic rings. The molecule has 0 saturated carbocycles. The van der Waals surface area contributed by atoms with Crippen LogP contribution in [0.4, 0.5) is 0 Å². The molecule has 2 aromatic rings. The lowest BCUT2D eigenvalue weighted by Crippen LogP contribution is -1.89. The zero-order chi connectivity index (χ0) is 9.97. The number of carbonyl (C=O) groups excluding carboxylic acids is 1.